The fourth-order valence-electron chi connectivity index (χ4n) is 1.04. The van der Waals surface area contributed by atoms with Gasteiger partial charge in [0.25, 0.3) is 5.91 Å². The van der Waals surface area contributed by atoms with E-state index in [1.54, 1.807) is 38.4 Å². The molecule has 86 valence electrons. The molecular formula is C10H12ClN3OS. The van der Waals surface area contributed by atoms with Gasteiger partial charge >= 0.3 is 0 Å². The Kier molecular flexibility index (Phi) is 4.52. The van der Waals surface area contributed by atoms with Gasteiger partial charge < -0.3 is 5.32 Å². The molecular weight excluding hydrogens is 246 g/mol. The molecule has 0 heterocycles. The first-order chi connectivity index (χ1) is 7.54. The minimum atomic E-state index is -0.239. The quantitative estimate of drug-likeness (QED) is 0.590. The molecule has 0 bridgehead atoms. The molecule has 1 amide bonds. The Morgan fingerprint density at radius 2 is 1.94 bits per heavy atom. The zero-order chi connectivity index (χ0) is 12.1. The summed E-state index contributed by atoms with van der Waals surface area (Å²) in [5.41, 5.74) is 3.14. The molecule has 0 atom stereocenters. The molecule has 1 rings (SSSR count). The third-order valence-electron chi connectivity index (χ3n) is 1.89. The van der Waals surface area contributed by atoms with Gasteiger partial charge in [0, 0.05) is 24.7 Å². The minimum Gasteiger partial charge on any atom is -0.364 e. The Hall–Kier alpha value is -1.33. The Labute approximate surface area is 105 Å². The number of amides is 1. The van der Waals surface area contributed by atoms with E-state index in [-0.39, 0.29) is 5.91 Å². The molecule has 0 saturated heterocycles. The summed E-state index contributed by atoms with van der Waals surface area (Å²) in [5.74, 6) is -0.239. The first kappa shape index (κ1) is 12.7. The molecule has 4 nitrogen and oxygen atoms in total. The van der Waals surface area contributed by atoms with E-state index < -0.39 is 0 Å². The number of hydrazine groups is 1. The van der Waals surface area contributed by atoms with Gasteiger partial charge in [-0.2, -0.15) is 0 Å². The van der Waals surface area contributed by atoms with Gasteiger partial charge in [-0.3, -0.25) is 15.2 Å². The standard InChI is InChI=1S/C10H12ClN3OS/c1-12-10(16)14(2)13-9(15)7-3-5-8(11)6-4-7/h3-6H,1-2H3,(H,12,16)(H,13,15). The fraction of sp³-hybridized carbons (Fsp3) is 0.200. The van der Waals surface area contributed by atoms with Gasteiger partial charge in [0.1, 0.15) is 0 Å². The van der Waals surface area contributed by atoms with Gasteiger partial charge in [-0.1, -0.05) is 11.6 Å². The van der Waals surface area contributed by atoms with Crippen molar-refractivity contribution in [3.05, 3.63) is 34.9 Å². The van der Waals surface area contributed by atoms with Crippen molar-refractivity contribution in [1.29, 1.82) is 0 Å². The lowest BCUT2D eigenvalue weighted by Crippen LogP contribution is -2.47. The number of carbonyl (C=O) groups excluding carboxylic acids is 1. The average molecular weight is 258 g/mol. The van der Waals surface area contributed by atoms with Crippen LogP contribution >= 0.6 is 23.8 Å². The molecule has 1 aromatic rings. The third kappa shape index (κ3) is 3.36. The molecule has 0 unspecified atom stereocenters. The van der Waals surface area contributed by atoms with Crippen LogP contribution in [0.3, 0.4) is 0 Å². The highest BCUT2D eigenvalue weighted by molar-refractivity contribution is 7.80. The van der Waals surface area contributed by atoms with Crippen molar-refractivity contribution in [2.45, 2.75) is 0 Å². The number of hydrogen-bond acceptors (Lipinski definition) is 2. The molecule has 6 heteroatoms. The fourth-order valence-corrected chi connectivity index (χ4v) is 1.21. The molecule has 16 heavy (non-hydrogen) atoms. The van der Waals surface area contributed by atoms with Crippen molar-refractivity contribution in [1.82, 2.24) is 15.8 Å². The normalized spacial score (nSPS) is 9.44. The van der Waals surface area contributed by atoms with E-state index in [1.165, 1.54) is 5.01 Å². The van der Waals surface area contributed by atoms with Crippen molar-refractivity contribution < 1.29 is 4.79 Å². The number of thiocarbonyl (C=S) groups is 1. The highest BCUT2D eigenvalue weighted by Gasteiger charge is 2.09. The van der Waals surface area contributed by atoms with Crippen LogP contribution in [0.5, 0.6) is 0 Å². The molecule has 0 aliphatic rings. The predicted octanol–water partition coefficient (Wildman–Crippen LogP) is 1.42. The highest BCUT2D eigenvalue weighted by Crippen LogP contribution is 2.09. The molecule has 0 aliphatic carbocycles. The molecule has 0 fully saturated rings. The number of benzene rings is 1. The largest absolute Gasteiger partial charge is 0.364 e. The number of carbonyl (C=O) groups is 1. The van der Waals surface area contributed by atoms with E-state index in [4.69, 9.17) is 23.8 Å². The topological polar surface area (TPSA) is 44.4 Å². The van der Waals surface area contributed by atoms with Crippen LogP contribution in [0.1, 0.15) is 10.4 Å². The predicted molar refractivity (Wildman–Crippen MR) is 68.3 cm³/mol. The molecule has 2 N–H and O–H groups in total. The summed E-state index contributed by atoms with van der Waals surface area (Å²) in [4.78, 5) is 11.7. The van der Waals surface area contributed by atoms with E-state index in [1.807, 2.05) is 0 Å². The Balaban J connectivity index is 2.65. The van der Waals surface area contributed by atoms with Gasteiger partial charge in [-0.15, -0.1) is 0 Å². The molecule has 0 aliphatic heterocycles. The molecule has 0 spiro atoms. The zero-order valence-electron chi connectivity index (χ0n) is 8.95. The van der Waals surface area contributed by atoms with Crippen LogP contribution < -0.4 is 10.7 Å². The summed E-state index contributed by atoms with van der Waals surface area (Å²) in [7, 11) is 3.35. The Morgan fingerprint density at radius 3 is 2.44 bits per heavy atom. The number of nitrogens with zero attached hydrogens (tertiary/aromatic N) is 1. The average Bonchev–Trinajstić information content (AvgIpc) is 2.28. The SMILES string of the molecule is CNC(=S)N(C)NC(=O)c1ccc(Cl)cc1. The molecule has 0 radical (unpaired) electrons. The van der Waals surface area contributed by atoms with E-state index in [0.717, 1.165) is 0 Å². The number of rotatable bonds is 1. The summed E-state index contributed by atoms with van der Waals surface area (Å²) < 4.78 is 0. The third-order valence-corrected chi connectivity index (χ3v) is 2.62. The number of hydrogen-bond donors (Lipinski definition) is 2. The van der Waals surface area contributed by atoms with Gasteiger partial charge in [0.05, 0.1) is 0 Å². The maximum absolute atomic E-state index is 11.7. The van der Waals surface area contributed by atoms with Gasteiger partial charge in [-0.05, 0) is 36.5 Å². The monoisotopic (exact) mass is 257 g/mol. The number of nitrogens with one attached hydrogen (secondary N) is 2. The smallest absolute Gasteiger partial charge is 0.269 e. The van der Waals surface area contributed by atoms with Gasteiger partial charge in [0.2, 0.25) is 0 Å². The molecule has 1 aromatic carbocycles. The van der Waals surface area contributed by atoms with Crippen LogP contribution in [0.2, 0.25) is 5.02 Å². The van der Waals surface area contributed by atoms with Crippen LogP contribution in [0.25, 0.3) is 0 Å². The van der Waals surface area contributed by atoms with Crippen LogP contribution in [0, 0.1) is 0 Å². The van der Waals surface area contributed by atoms with Gasteiger partial charge in [-0.25, -0.2) is 0 Å². The second-order valence-corrected chi connectivity index (χ2v) is 3.89. The second kappa shape index (κ2) is 5.67. The Bertz CT molecular complexity index is 394. The van der Waals surface area contributed by atoms with Crippen molar-refractivity contribution in [3.8, 4) is 0 Å². The summed E-state index contributed by atoms with van der Waals surface area (Å²) in [6.45, 7) is 0. The summed E-state index contributed by atoms with van der Waals surface area (Å²) in [5, 5.41) is 5.21. The lowest BCUT2D eigenvalue weighted by Gasteiger charge is -2.20. The van der Waals surface area contributed by atoms with Crippen molar-refractivity contribution in [2.24, 2.45) is 0 Å². The lowest BCUT2D eigenvalue weighted by atomic mass is 10.2. The van der Waals surface area contributed by atoms with Crippen LogP contribution in [0.4, 0.5) is 0 Å². The van der Waals surface area contributed by atoms with Crippen LogP contribution in [-0.4, -0.2) is 30.1 Å². The van der Waals surface area contributed by atoms with Crippen molar-refractivity contribution >= 4 is 34.8 Å². The van der Waals surface area contributed by atoms with E-state index in [2.05, 4.69) is 10.7 Å². The van der Waals surface area contributed by atoms with Crippen LogP contribution in [-0.2, 0) is 0 Å². The first-order valence-electron chi connectivity index (χ1n) is 4.56. The van der Waals surface area contributed by atoms with E-state index in [0.29, 0.717) is 15.7 Å². The van der Waals surface area contributed by atoms with Gasteiger partial charge in [0.15, 0.2) is 5.11 Å². The molecule has 0 saturated carbocycles. The maximum atomic E-state index is 11.7. The highest BCUT2D eigenvalue weighted by atomic mass is 35.5. The van der Waals surface area contributed by atoms with E-state index in [9.17, 15) is 4.79 Å². The van der Waals surface area contributed by atoms with E-state index >= 15 is 0 Å². The Morgan fingerprint density at radius 1 is 1.38 bits per heavy atom. The molecule has 0 aromatic heterocycles. The summed E-state index contributed by atoms with van der Waals surface area (Å²) in [6, 6.07) is 6.61. The van der Waals surface area contributed by atoms with Crippen LogP contribution in [0.15, 0.2) is 24.3 Å². The minimum absolute atomic E-state index is 0.239. The summed E-state index contributed by atoms with van der Waals surface area (Å²) >= 11 is 10.7. The first-order valence-corrected chi connectivity index (χ1v) is 5.35. The van der Waals surface area contributed by atoms with Crippen molar-refractivity contribution in [3.63, 3.8) is 0 Å². The maximum Gasteiger partial charge on any atom is 0.269 e. The lowest BCUT2D eigenvalue weighted by molar-refractivity contribution is 0.0887. The number of halogens is 1. The zero-order valence-corrected chi connectivity index (χ0v) is 10.5. The second-order valence-electron chi connectivity index (χ2n) is 3.06. The summed E-state index contributed by atoms with van der Waals surface area (Å²) in [6.07, 6.45) is 0. The van der Waals surface area contributed by atoms with Crippen molar-refractivity contribution in [2.75, 3.05) is 14.1 Å².